The van der Waals surface area contributed by atoms with Crippen LogP contribution in [-0.2, 0) is 56.6 Å². The third-order valence-electron chi connectivity index (χ3n) is 7.68. The summed E-state index contributed by atoms with van der Waals surface area (Å²) in [5.74, 6) is -14.1. The van der Waals surface area contributed by atoms with Crippen LogP contribution in [0.4, 0.5) is 22.0 Å². The number of rotatable bonds is 35. The van der Waals surface area contributed by atoms with Crippen molar-refractivity contribution in [2.75, 3.05) is 139 Å². The van der Waals surface area contributed by atoms with Gasteiger partial charge in [-0.2, -0.15) is 8.78 Å². The Balaban J connectivity index is 1.75. The first-order valence-corrected chi connectivity index (χ1v) is 20.8. The van der Waals surface area contributed by atoms with E-state index in [1.807, 2.05) is 0 Å². The lowest BCUT2D eigenvalue weighted by atomic mass is 10.2. The molecule has 1 aromatic carbocycles. The third kappa shape index (κ3) is 23.2. The van der Waals surface area contributed by atoms with Gasteiger partial charge in [0.1, 0.15) is 0 Å². The second-order valence-electron chi connectivity index (χ2n) is 12.9. The second kappa shape index (κ2) is 30.3. The summed E-state index contributed by atoms with van der Waals surface area (Å²) in [5.41, 5.74) is 0. The summed E-state index contributed by atoms with van der Waals surface area (Å²) in [4.78, 5) is 11.7. The molecular formula is C35H59F5O13Si. The maximum Gasteiger partial charge on any atom is 0.313 e. The van der Waals surface area contributed by atoms with Crippen LogP contribution in [0.25, 0.3) is 0 Å². The van der Waals surface area contributed by atoms with Crippen molar-refractivity contribution in [1.82, 2.24) is 0 Å². The monoisotopic (exact) mass is 810 g/mol. The maximum atomic E-state index is 13.6. The van der Waals surface area contributed by atoms with Crippen molar-refractivity contribution in [3.05, 3.63) is 29.1 Å². The van der Waals surface area contributed by atoms with E-state index in [0.29, 0.717) is 112 Å². The molecule has 1 aromatic rings. The predicted octanol–water partition coefficient (Wildman–Crippen LogP) is 4.87. The molecular weight excluding hydrogens is 751 g/mol. The van der Waals surface area contributed by atoms with E-state index in [1.54, 1.807) is 0 Å². The SMILES string of the molecule is CC(C)(C)[Si](C)(C)OCCOCCOCCOCCOCCOCCOCCOCCOCCOCCOCCC(=O)Oc1c(F)c(F)c(F)c(F)c1F. The highest BCUT2D eigenvalue weighted by Gasteiger charge is 2.36. The number of halogens is 5. The van der Waals surface area contributed by atoms with Crippen LogP contribution in [0.5, 0.6) is 5.75 Å². The minimum Gasteiger partial charge on any atom is -0.420 e. The molecule has 13 nitrogen and oxygen atoms in total. The Morgan fingerprint density at radius 1 is 0.426 bits per heavy atom. The number of hydrogen-bond acceptors (Lipinski definition) is 13. The summed E-state index contributed by atoms with van der Waals surface area (Å²) in [7, 11) is -1.72. The van der Waals surface area contributed by atoms with Gasteiger partial charge < -0.3 is 56.5 Å². The van der Waals surface area contributed by atoms with E-state index < -0.39 is 55.5 Å². The van der Waals surface area contributed by atoms with Gasteiger partial charge in [-0.05, 0) is 18.1 Å². The molecule has 316 valence electrons. The first-order chi connectivity index (χ1) is 25.8. The first kappa shape index (κ1) is 50.1. The molecule has 0 saturated heterocycles. The fourth-order valence-corrected chi connectivity index (χ4v) is 4.67. The van der Waals surface area contributed by atoms with Crippen molar-refractivity contribution in [3.8, 4) is 5.75 Å². The van der Waals surface area contributed by atoms with Gasteiger partial charge in [0.15, 0.2) is 8.32 Å². The fraction of sp³-hybridized carbons (Fsp3) is 0.800. The molecule has 0 bridgehead atoms. The lowest BCUT2D eigenvalue weighted by Gasteiger charge is -2.36. The zero-order valence-corrected chi connectivity index (χ0v) is 33.3. The van der Waals surface area contributed by atoms with Crippen LogP contribution in [0, 0.1) is 29.1 Å². The van der Waals surface area contributed by atoms with Crippen LogP contribution in [0.15, 0.2) is 0 Å². The van der Waals surface area contributed by atoms with E-state index in [1.165, 1.54) is 0 Å². The smallest absolute Gasteiger partial charge is 0.313 e. The normalized spacial score (nSPS) is 12.2. The number of hydrogen-bond donors (Lipinski definition) is 0. The Hall–Kier alpha value is -1.88. The molecule has 0 aromatic heterocycles. The zero-order valence-electron chi connectivity index (χ0n) is 32.3. The minimum atomic E-state index is -2.35. The molecule has 0 spiro atoms. The summed E-state index contributed by atoms with van der Waals surface area (Å²) in [6.45, 7) is 19.2. The molecule has 1 rings (SSSR count). The van der Waals surface area contributed by atoms with Crippen molar-refractivity contribution in [2.45, 2.75) is 45.3 Å². The van der Waals surface area contributed by atoms with Gasteiger partial charge in [-0.3, -0.25) is 4.79 Å². The standard InChI is InChI=1S/C35H59F5O13Si/c1-35(2,3)54(4,5)52-27-26-51-25-24-50-23-22-49-21-20-48-19-18-47-17-16-46-15-14-45-13-12-44-11-10-43-9-8-42-7-6-28(41)53-34-32(39)30(37)29(36)31(38)33(34)40/h6-27H2,1-5H3. The van der Waals surface area contributed by atoms with Crippen molar-refractivity contribution < 1.29 is 83.3 Å². The fourth-order valence-electron chi connectivity index (χ4n) is 3.65. The van der Waals surface area contributed by atoms with E-state index in [9.17, 15) is 26.7 Å². The van der Waals surface area contributed by atoms with Crippen molar-refractivity contribution >= 4 is 14.3 Å². The summed E-state index contributed by atoms with van der Waals surface area (Å²) in [5, 5.41) is 0.194. The summed E-state index contributed by atoms with van der Waals surface area (Å²) < 4.78 is 131. The van der Waals surface area contributed by atoms with Gasteiger partial charge in [0.25, 0.3) is 0 Å². The quantitative estimate of drug-likeness (QED) is 0.0176. The van der Waals surface area contributed by atoms with E-state index >= 15 is 0 Å². The molecule has 0 aliphatic heterocycles. The molecule has 0 aliphatic rings. The number of carbonyl (C=O) groups excluding carboxylic acids is 1. The van der Waals surface area contributed by atoms with E-state index in [4.69, 9.17) is 51.8 Å². The zero-order chi connectivity index (χ0) is 40.1. The largest absolute Gasteiger partial charge is 0.420 e. The van der Waals surface area contributed by atoms with Gasteiger partial charge in [-0.1, -0.05) is 20.8 Å². The Kier molecular flexibility index (Phi) is 28.1. The van der Waals surface area contributed by atoms with Gasteiger partial charge in [0, 0.05) is 0 Å². The molecule has 0 heterocycles. The first-order valence-electron chi connectivity index (χ1n) is 17.9. The van der Waals surface area contributed by atoms with Gasteiger partial charge in [0.2, 0.25) is 34.8 Å². The number of benzene rings is 1. The Morgan fingerprint density at radius 3 is 0.944 bits per heavy atom. The molecule has 0 unspecified atom stereocenters. The van der Waals surface area contributed by atoms with Gasteiger partial charge >= 0.3 is 5.97 Å². The predicted molar refractivity (Wildman–Crippen MR) is 188 cm³/mol. The van der Waals surface area contributed by atoms with Crippen LogP contribution in [-0.4, -0.2) is 153 Å². The molecule has 19 heteroatoms. The van der Waals surface area contributed by atoms with Crippen LogP contribution < -0.4 is 4.74 Å². The van der Waals surface area contributed by atoms with Crippen LogP contribution in [0.3, 0.4) is 0 Å². The van der Waals surface area contributed by atoms with E-state index in [0.717, 1.165) is 0 Å². The number of esters is 1. The molecule has 0 N–H and O–H groups in total. The Morgan fingerprint density at radius 2 is 0.667 bits per heavy atom. The van der Waals surface area contributed by atoms with Gasteiger partial charge in [-0.15, -0.1) is 0 Å². The van der Waals surface area contributed by atoms with Gasteiger partial charge in [-0.25, -0.2) is 13.2 Å². The highest BCUT2D eigenvalue weighted by Crippen LogP contribution is 2.36. The van der Waals surface area contributed by atoms with E-state index in [-0.39, 0.29) is 31.5 Å². The molecule has 54 heavy (non-hydrogen) atoms. The van der Waals surface area contributed by atoms with Crippen LogP contribution >= 0.6 is 0 Å². The number of carbonyl (C=O) groups is 1. The van der Waals surface area contributed by atoms with Crippen LogP contribution in [0.2, 0.25) is 18.1 Å². The lowest BCUT2D eigenvalue weighted by molar-refractivity contribution is -0.136. The second-order valence-corrected chi connectivity index (χ2v) is 17.7. The Bertz CT molecular complexity index is 1100. The van der Waals surface area contributed by atoms with Gasteiger partial charge in [0.05, 0.1) is 145 Å². The minimum absolute atomic E-state index is 0.0807. The average Bonchev–Trinajstić information content (AvgIpc) is 3.13. The molecule has 0 fully saturated rings. The third-order valence-corrected chi connectivity index (χ3v) is 12.2. The summed E-state index contributed by atoms with van der Waals surface area (Å²) >= 11 is 0. The highest BCUT2D eigenvalue weighted by atomic mass is 28.4. The molecule has 0 aliphatic carbocycles. The average molecular weight is 811 g/mol. The highest BCUT2D eigenvalue weighted by molar-refractivity contribution is 6.74. The van der Waals surface area contributed by atoms with Crippen LogP contribution in [0.1, 0.15) is 27.2 Å². The topological polar surface area (TPSA) is 128 Å². The molecule has 0 radical (unpaired) electrons. The molecule has 0 saturated carbocycles. The van der Waals surface area contributed by atoms with Crippen molar-refractivity contribution in [3.63, 3.8) is 0 Å². The van der Waals surface area contributed by atoms with E-state index in [2.05, 4.69) is 38.6 Å². The molecule has 0 amide bonds. The summed E-state index contributed by atoms with van der Waals surface area (Å²) in [6, 6.07) is 0. The lowest BCUT2D eigenvalue weighted by Crippen LogP contribution is -2.41. The molecule has 0 atom stereocenters. The Labute approximate surface area is 316 Å². The summed E-state index contributed by atoms with van der Waals surface area (Å²) in [6.07, 6.45) is -0.487. The van der Waals surface area contributed by atoms with Crippen molar-refractivity contribution in [1.29, 1.82) is 0 Å². The maximum absolute atomic E-state index is 13.6. The number of ether oxygens (including phenoxy) is 11. The van der Waals surface area contributed by atoms with Crippen molar-refractivity contribution in [2.24, 2.45) is 0 Å².